The lowest BCUT2D eigenvalue weighted by Crippen LogP contribution is -2.14. The summed E-state index contributed by atoms with van der Waals surface area (Å²) < 4.78 is 7.35. The molecule has 0 spiro atoms. The molecule has 0 bridgehead atoms. The lowest BCUT2D eigenvalue weighted by Gasteiger charge is -2.16. The van der Waals surface area contributed by atoms with E-state index in [-0.39, 0.29) is 6.23 Å². The van der Waals surface area contributed by atoms with Crippen LogP contribution >= 0.6 is 0 Å². The number of hydrogen-bond acceptors (Lipinski definition) is 3. The maximum Gasteiger partial charge on any atom is 0.178 e. The van der Waals surface area contributed by atoms with E-state index < -0.39 is 0 Å². The van der Waals surface area contributed by atoms with Gasteiger partial charge < -0.3 is 4.74 Å². The molecule has 0 saturated heterocycles. The molecule has 2 aromatic carbocycles. The first-order chi connectivity index (χ1) is 8.90. The Morgan fingerprint density at radius 2 is 1.72 bits per heavy atom. The number of hydrogen-bond donors (Lipinski definition) is 0. The van der Waals surface area contributed by atoms with Crippen LogP contribution in [0.4, 0.5) is 0 Å². The Morgan fingerprint density at radius 3 is 2.50 bits per heavy atom. The van der Waals surface area contributed by atoms with Crippen LogP contribution in [0, 0.1) is 0 Å². The normalized spacial score (nSPS) is 12.7. The van der Waals surface area contributed by atoms with Crippen molar-refractivity contribution in [3.63, 3.8) is 0 Å². The van der Waals surface area contributed by atoms with Gasteiger partial charge in [0, 0.05) is 12.7 Å². The molecule has 0 amide bonds. The average Bonchev–Trinajstić information content (AvgIpc) is 2.85. The van der Waals surface area contributed by atoms with Crippen LogP contribution in [0.5, 0.6) is 0 Å². The highest BCUT2D eigenvalue weighted by atomic mass is 16.5. The Hall–Kier alpha value is -2.20. The summed E-state index contributed by atoms with van der Waals surface area (Å²) in [6.07, 6.45) is -0.251. The zero-order chi connectivity index (χ0) is 12.4. The first kappa shape index (κ1) is 10.9. The van der Waals surface area contributed by atoms with Crippen molar-refractivity contribution >= 4 is 11.0 Å². The van der Waals surface area contributed by atoms with E-state index in [1.54, 1.807) is 11.8 Å². The van der Waals surface area contributed by atoms with Crippen LogP contribution in [-0.2, 0) is 4.74 Å². The van der Waals surface area contributed by atoms with E-state index in [1.807, 2.05) is 54.6 Å². The molecule has 0 unspecified atom stereocenters. The molecule has 90 valence electrons. The number of benzene rings is 2. The molecule has 0 aliphatic rings. The molecule has 4 heteroatoms. The Kier molecular flexibility index (Phi) is 2.78. The molecule has 1 aromatic heterocycles. The third kappa shape index (κ3) is 1.76. The molecule has 0 aliphatic carbocycles. The molecule has 0 fully saturated rings. The molecule has 3 aromatic rings. The van der Waals surface area contributed by atoms with Crippen molar-refractivity contribution in [1.82, 2.24) is 15.0 Å². The maximum atomic E-state index is 5.55. The van der Waals surface area contributed by atoms with Crippen LogP contribution in [0.25, 0.3) is 11.0 Å². The van der Waals surface area contributed by atoms with Crippen molar-refractivity contribution < 1.29 is 4.74 Å². The van der Waals surface area contributed by atoms with Gasteiger partial charge in [-0.2, -0.15) is 0 Å². The second-order valence-corrected chi connectivity index (χ2v) is 4.02. The average molecular weight is 239 g/mol. The van der Waals surface area contributed by atoms with Crippen LogP contribution in [0.3, 0.4) is 0 Å². The van der Waals surface area contributed by atoms with Gasteiger partial charge in [0.25, 0.3) is 0 Å². The van der Waals surface area contributed by atoms with Gasteiger partial charge in [-0.1, -0.05) is 47.7 Å². The van der Waals surface area contributed by atoms with Crippen LogP contribution in [0.2, 0.25) is 0 Å². The van der Waals surface area contributed by atoms with E-state index >= 15 is 0 Å². The van der Waals surface area contributed by atoms with E-state index in [9.17, 15) is 0 Å². The number of rotatable bonds is 3. The number of fused-ring (bicyclic) bond motifs is 1. The minimum atomic E-state index is -0.251. The highest BCUT2D eigenvalue weighted by Gasteiger charge is 2.16. The Balaban J connectivity index is 2.12. The number of nitrogens with zero attached hydrogens (tertiary/aromatic N) is 3. The summed E-state index contributed by atoms with van der Waals surface area (Å²) in [4.78, 5) is 0. The summed E-state index contributed by atoms with van der Waals surface area (Å²) in [5.41, 5.74) is 2.89. The van der Waals surface area contributed by atoms with Gasteiger partial charge in [-0.25, -0.2) is 4.68 Å². The van der Waals surface area contributed by atoms with Gasteiger partial charge in [-0.3, -0.25) is 0 Å². The second-order valence-electron chi connectivity index (χ2n) is 4.02. The molecule has 1 atom stereocenters. The van der Waals surface area contributed by atoms with Crippen molar-refractivity contribution in [2.45, 2.75) is 6.23 Å². The summed E-state index contributed by atoms with van der Waals surface area (Å²) in [5.74, 6) is 0. The van der Waals surface area contributed by atoms with Crippen LogP contribution in [0.1, 0.15) is 11.8 Å². The molecule has 0 N–H and O–H groups in total. The first-order valence-corrected chi connectivity index (χ1v) is 5.78. The quantitative estimate of drug-likeness (QED) is 0.705. The molecule has 0 radical (unpaired) electrons. The molecule has 1 heterocycles. The molecular weight excluding hydrogens is 226 g/mol. The number of ether oxygens (including phenoxy) is 1. The van der Waals surface area contributed by atoms with Crippen LogP contribution in [0.15, 0.2) is 54.6 Å². The van der Waals surface area contributed by atoms with E-state index in [4.69, 9.17) is 4.74 Å². The van der Waals surface area contributed by atoms with E-state index in [2.05, 4.69) is 10.3 Å². The predicted molar refractivity (Wildman–Crippen MR) is 69.1 cm³/mol. The number of aromatic nitrogens is 3. The van der Waals surface area contributed by atoms with Gasteiger partial charge in [0.2, 0.25) is 0 Å². The molecule has 3 rings (SSSR count). The third-order valence-corrected chi connectivity index (χ3v) is 2.91. The molecule has 18 heavy (non-hydrogen) atoms. The molecule has 0 aliphatic heterocycles. The lowest BCUT2D eigenvalue weighted by atomic mass is 10.2. The Labute approximate surface area is 105 Å². The summed E-state index contributed by atoms with van der Waals surface area (Å²) in [6.45, 7) is 0. The predicted octanol–water partition coefficient (Wildman–Crippen LogP) is 2.62. The van der Waals surface area contributed by atoms with Crippen LogP contribution in [-0.4, -0.2) is 22.1 Å². The van der Waals surface area contributed by atoms with Gasteiger partial charge in [0.1, 0.15) is 5.52 Å². The van der Waals surface area contributed by atoms with E-state index in [0.717, 1.165) is 16.6 Å². The monoisotopic (exact) mass is 239 g/mol. The fourth-order valence-electron chi connectivity index (χ4n) is 2.06. The highest BCUT2D eigenvalue weighted by molar-refractivity contribution is 5.74. The van der Waals surface area contributed by atoms with Crippen LogP contribution < -0.4 is 0 Å². The third-order valence-electron chi connectivity index (χ3n) is 2.91. The number of para-hydroxylation sites is 1. The zero-order valence-electron chi connectivity index (χ0n) is 10.0. The Bertz CT molecular complexity index is 648. The minimum absolute atomic E-state index is 0.251. The van der Waals surface area contributed by atoms with Crippen molar-refractivity contribution in [3.05, 3.63) is 60.2 Å². The van der Waals surface area contributed by atoms with E-state index in [1.165, 1.54) is 0 Å². The molecular formula is C14H13N3O. The number of methoxy groups -OCH3 is 1. The van der Waals surface area contributed by atoms with Gasteiger partial charge in [0.15, 0.2) is 6.23 Å². The minimum Gasteiger partial charge on any atom is -0.355 e. The Morgan fingerprint density at radius 1 is 1.00 bits per heavy atom. The fraction of sp³-hybridized carbons (Fsp3) is 0.143. The summed E-state index contributed by atoms with van der Waals surface area (Å²) >= 11 is 0. The van der Waals surface area contributed by atoms with Crippen molar-refractivity contribution in [1.29, 1.82) is 0 Å². The van der Waals surface area contributed by atoms with Crippen molar-refractivity contribution in [3.8, 4) is 0 Å². The van der Waals surface area contributed by atoms with Gasteiger partial charge >= 0.3 is 0 Å². The van der Waals surface area contributed by atoms with Gasteiger partial charge in [0.05, 0.1) is 5.52 Å². The van der Waals surface area contributed by atoms with Gasteiger partial charge in [-0.05, 0) is 12.1 Å². The topological polar surface area (TPSA) is 39.9 Å². The smallest absolute Gasteiger partial charge is 0.178 e. The fourth-order valence-corrected chi connectivity index (χ4v) is 2.06. The first-order valence-electron chi connectivity index (χ1n) is 5.78. The standard InChI is InChI=1S/C14H13N3O/c1-18-14(11-7-3-2-4-8-11)17-13-10-6-5-9-12(13)15-16-17/h2-10,14H,1H3/t14-/m1/s1. The van der Waals surface area contributed by atoms with E-state index in [0.29, 0.717) is 0 Å². The molecule has 4 nitrogen and oxygen atoms in total. The largest absolute Gasteiger partial charge is 0.355 e. The summed E-state index contributed by atoms with van der Waals surface area (Å²) in [5, 5.41) is 8.33. The highest BCUT2D eigenvalue weighted by Crippen LogP contribution is 2.22. The lowest BCUT2D eigenvalue weighted by molar-refractivity contribution is 0.0702. The maximum absolute atomic E-state index is 5.55. The SMILES string of the molecule is CO[C@H](c1ccccc1)n1nnc2ccccc21. The van der Waals surface area contributed by atoms with Gasteiger partial charge in [-0.15, -0.1) is 5.10 Å². The zero-order valence-corrected chi connectivity index (χ0v) is 10.0. The summed E-state index contributed by atoms with van der Waals surface area (Å²) in [6, 6.07) is 17.8. The van der Waals surface area contributed by atoms with Crippen molar-refractivity contribution in [2.75, 3.05) is 7.11 Å². The molecule has 0 saturated carbocycles. The second kappa shape index (κ2) is 4.58. The van der Waals surface area contributed by atoms with Crippen molar-refractivity contribution in [2.24, 2.45) is 0 Å². The summed E-state index contributed by atoms with van der Waals surface area (Å²) in [7, 11) is 1.67.